The highest BCUT2D eigenvalue weighted by Crippen LogP contribution is 2.34. The summed E-state index contributed by atoms with van der Waals surface area (Å²) in [6, 6.07) is 2.47. The fraction of sp³-hybridized carbons (Fsp3) is 0.667. The highest BCUT2D eigenvalue weighted by atomic mass is 16.5. The lowest BCUT2D eigenvalue weighted by Crippen LogP contribution is -2.47. The number of fused-ring (bicyclic) bond motifs is 1. The smallest absolute Gasteiger partial charge is 0.224 e. The summed E-state index contributed by atoms with van der Waals surface area (Å²) in [6.45, 7) is 8.18. The summed E-state index contributed by atoms with van der Waals surface area (Å²) >= 11 is 0. The van der Waals surface area contributed by atoms with E-state index in [0.29, 0.717) is 12.5 Å². The molecule has 1 amide bonds. The van der Waals surface area contributed by atoms with Crippen LogP contribution in [-0.2, 0) is 11.2 Å². The van der Waals surface area contributed by atoms with Crippen molar-refractivity contribution < 1.29 is 9.53 Å². The Bertz CT molecular complexity index is 735. The molecule has 0 bridgehead atoms. The molecule has 2 fully saturated rings. The lowest BCUT2D eigenvalue weighted by Gasteiger charge is -2.37. The Balaban J connectivity index is 1.15. The maximum Gasteiger partial charge on any atom is 0.224 e. The third kappa shape index (κ3) is 5.34. The highest BCUT2D eigenvalue weighted by Gasteiger charge is 2.26. The number of carbonyl (C=O) groups excluding carboxylic acids is 1. The number of rotatable bonds is 7. The minimum atomic E-state index is 0.165. The molecule has 30 heavy (non-hydrogen) atoms. The van der Waals surface area contributed by atoms with Crippen LogP contribution in [0.25, 0.3) is 0 Å². The van der Waals surface area contributed by atoms with E-state index < -0.39 is 0 Å². The van der Waals surface area contributed by atoms with Gasteiger partial charge in [-0.25, -0.2) is 4.98 Å². The normalized spacial score (nSPS) is 24.6. The van der Waals surface area contributed by atoms with Crippen molar-refractivity contribution >= 4 is 11.7 Å². The number of amides is 1. The van der Waals surface area contributed by atoms with Gasteiger partial charge in [0.2, 0.25) is 5.91 Å². The Morgan fingerprint density at radius 1 is 1.23 bits per heavy atom. The van der Waals surface area contributed by atoms with E-state index in [9.17, 15) is 4.79 Å². The molecule has 164 valence electrons. The van der Waals surface area contributed by atoms with Crippen molar-refractivity contribution in [2.75, 3.05) is 44.2 Å². The van der Waals surface area contributed by atoms with Crippen molar-refractivity contribution in [2.45, 2.75) is 57.9 Å². The SMILES string of the molecule is C/C=C/CC(=O)N[C@H]1CC[C@H](CCN2CCN(c3nccc4c3OCC4)CC2)CC1. The van der Waals surface area contributed by atoms with Crippen molar-refractivity contribution in [3.8, 4) is 5.75 Å². The van der Waals surface area contributed by atoms with Crippen LogP contribution in [0.3, 0.4) is 0 Å². The average Bonchev–Trinajstić information content (AvgIpc) is 3.27. The first-order valence-corrected chi connectivity index (χ1v) is 11.7. The molecule has 3 aliphatic rings. The van der Waals surface area contributed by atoms with Crippen molar-refractivity contribution in [1.82, 2.24) is 15.2 Å². The van der Waals surface area contributed by atoms with Gasteiger partial charge in [-0.2, -0.15) is 0 Å². The number of hydrogen-bond acceptors (Lipinski definition) is 5. The predicted octanol–water partition coefficient (Wildman–Crippen LogP) is 3.17. The fourth-order valence-corrected chi connectivity index (χ4v) is 4.97. The van der Waals surface area contributed by atoms with Crippen molar-refractivity contribution in [1.29, 1.82) is 0 Å². The zero-order valence-corrected chi connectivity index (χ0v) is 18.3. The fourth-order valence-electron chi connectivity index (χ4n) is 4.97. The second-order valence-electron chi connectivity index (χ2n) is 8.90. The minimum Gasteiger partial charge on any atom is -0.489 e. The molecule has 1 saturated carbocycles. The number of hydrogen-bond donors (Lipinski definition) is 1. The van der Waals surface area contributed by atoms with Crippen LogP contribution in [0.5, 0.6) is 5.75 Å². The third-order valence-electron chi connectivity index (χ3n) is 6.86. The number of ether oxygens (including phenoxy) is 1. The molecule has 1 aromatic heterocycles. The Morgan fingerprint density at radius 2 is 2.03 bits per heavy atom. The van der Waals surface area contributed by atoms with Crippen LogP contribution in [0.2, 0.25) is 0 Å². The van der Waals surface area contributed by atoms with Crippen molar-refractivity contribution in [3.63, 3.8) is 0 Å². The molecule has 0 spiro atoms. The molecule has 1 N–H and O–H groups in total. The van der Waals surface area contributed by atoms with Crippen LogP contribution in [0.15, 0.2) is 24.4 Å². The molecule has 6 nitrogen and oxygen atoms in total. The Morgan fingerprint density at radius 3 is 2.80 bits per heavy atom. The molecule has 6 heteroatoms. The van der Waals surface area contributed by atoms with Crippen LogP contribution < -0.4 is 15.0 Å². The van der Waals surface area contributed by atoms with Gasteiger partial charge in [0.15, 0.2) is 11.6 Å². The lowest BCUT2D eigenvalue weighted by molar-refractivity contribution is -0.121. The highest BCUT2D eigenvalue weighted by molar-refractivity contribution is 5.77. The molecule has 0 radical (unpaired) electrons. The van der Waals surface area contributed by atoms with Crippen LogP contribution in [-0.4, -0.2) is 61.2 Å². The zero-order valence-electron chi connectivity index (χ0n) is 18.3. The largest absolute Gasteiger partial charge is 0.489 e. The van der Waals surface area contributed by atoms with E-state index in [2.05, 4.69) is 26.2 Å². The molecular weight excluding hydrogens is 376 g/mol. The van der Waals surface area contributed by atoms with Gasteiger partial charge in [-0.1, -0.05) is 12.2 Å². The number of allylic oxidation sites excluding steroid dienone is 1. The molecule has 3 heterocycles. The van der Waals surface area contributed by atoms with Crippen LogP contribution in [0, 0.1) is 5.92 Å². The molecule has 4 rings (SSSR count). The van der Waals surface area contributed by atoms with E-state index in [1.165, 1.54) is 31.4 Å². The summed E-state index contributed by atoms with van der Waals surface area (Å²) < 4.78 is 5.84. The zero-order chi connectivity index (χ0) is 20.8. The molecule has 1 saturated heterocycles. The maximum atomic E-state index is 11.9. The minimum absolute atomic E-state index is 0.165. The quantitative estimate of drug-likeness (QED) is 0.697. The van der Waals surface area contributed by atoms with E-state index in [1.807, 2.05) is 25.3 Å². The second-order valence-corrected chi connectivity index (χ2v) is 8.90. The number of pyridine rings is 1. The van der Waals surface area contributed by atoms with Gasteiger partial charge in [0.05, 0.1) is 6.61 Å². The van der Waals surface area contributed by atoms with Gasteiger partial charge in [-0.15, -0.1) is 0 Å². The van der Waals surface area contributed by atoms with Gasteiger partial charge < -0.3 is 15.0 Å². The standard InChI is InChI=1S/C24H36N4O2/c1-2-3-4-22(29)26-21-7-5-19(6-8-21)10-13-27-14-16-28(17-15-27)24-23-20(9-12-25-24)11-18-30-23/h2-3,9,12,19,21H,4-8,10-11,13-18H2,1H3,(H,26,29)/b3-2+/t19-,21-. The maximum absolute atomic E-state index is 11.9. The summed E-state index contributed by atoms with van der Waals surface area (Å²) in [7, 11) is 0. The molecule has 0 atom stereocenters. The van der Waals surface area contributed by atoms with E-state index in [0.717, 1.165) is 69.5 Å². The van der Waals surface area contributed by atoms with E-state index in [-0.39, 0.29) is 5.91 Å². The van der Waals surface area contributed by atoms with Crippen LogP contribution >= 0.6 is 0 Å². The van der Waals surface area contributed by atoms with Gasteiger partial charge in [0, 0.05) is 56.8 Å². The number of carbonyl (C=O) groups is 1. The van der Waals surface area contributed by atoms with Gasteiger partial charge in [0.25, 0.3) is 0 Å². The van der Waals surface area contributed by atoms with E-state index >= 15 is 0 Å². The molecule has 1 aliphatic carbocycles. The molecule has 0 aromatic carbocycles. The number of piperazine rings is 1. The predicted molar refractivity (Wildman–Crippen MR) is 120 cm³/mol. The van der Waals surface area contributed by atoms with Crippen LogP contribution in [0.4, 0.5) is 5.82 Å². The first kappa shape index (κ1) is 21.2. The first-order valence-electron chi connectivity index (χ1n) is 11.7. The Kier molecular flexibility index (Phi) is 7.26. The summed E-state index contributed by atoms with van der Waals surface area (Å²) in [5.41, 5.74) is 1.30. The van der Waals surface area contributed by atoms with Gasteiger partial charge in [0.1, 0.15) is 0 Å². The Labute approximate surface area is 180 Å². The van der Waals surface area contributed by atoms with Crippen molar-refractivity contribution in [2.24, 2.45) is 5.92 Å². The molecule has 0 unspecified atom stereocenters. The van der Waals surface area contributed by atoms with Crippen LogP contribution in [0.1, 0.15) is 51.0 Å². The first-order chi connectivity index (χ1) is 14.7. The molecule has 2 aliphatic heterocycles. The second kappa shape index (κ2) is 10.3. The molecule has 1 aromatic rings. The number of nitrogens with one attached hydrogen (secondary N) is 1. The van der Waals surface area contributed by atoms with E-state index in [1.54, 1.807) is 0 Å². The topological polar surface area (TPSA) is 57.7 Å². The van der Waals surface area contributed by atoms with Crippen molar-refractivity contribution in [3.05, 3.63) is 30.0 Å². The number of nitrogens with zero attached hydrogens (tertiary/aromatic N) is 3. The third-order valence-corrected chi connectivity index (χ3v) is 6.86. The number of anilines is 1. The van der Waals surface area contributed by atoms with E-state index in [4.69, 9.17) is 4.74 Å². The van der Waals surface area contributed by atoms with Gasteiger partial charge in [-0.05, 0) is 57.6 Å². The van der Waals surface area contributed by atoms with Gasteiger partial charge in [-0.3, -0.25) is 9.69 Å². The Hall–Kier alpha value is -2.08. The summed E-state index contributed by atoms with van der Waals surface area (Å²) in [5, 5.41) is 3.20. The van der Waals surface area contributed by atoms with Gasteiger partial charge >= 0.3 is 0 Å². The number of aromatic nitrogens is 1. The average molecular weight is 413 g/mol. The molecular formula is C24H36N4O2. The summed E-state index contributed by atoms with van der Waals surface area (Å²) in [5.74, 6) is 3.03. The lowest BCUT2D eigenvalue weighted by atomic mass is 9.84. The monoisotopic (exact) mass is 412 g/mol. The summed E-state index contributed by atoms with van der Waals surface area (Å²) in [6.07, 6.45) is 13.3. The summed E-state index contributed by atoms with van der Waals surface area (Å²) in [4.78, 5) is 21.5.